The van der Waals surface area contributed by atoms with Crippen LogP contribution in [0.5, 0.6) is 5.75 Å². The zero-order valence-electron chi connectivity index (χ0n) is 13.6. The molecule has 0 radical (unpaired) electrons. The van der Waals surface area contributed by atoms with Gasteiger partial charge in [-0.2, -0.15) is 18.2 Å². The number of aromatic nitrogens is 2. The van der Waals surface area contributed by atoms with Crippen molar-refractivity contribution in [1.29, 1.82) is 0 Å². The number of halogens is 3. The highest BCUT2D eigenvalue weighted by Gasteiger charge is 2.38. The molecule has 1 aliphatic heterocycles. The molecule has 2 aromatic rings. The summed E-state index contributed by atoms with van der Waals surface area (Å²) in [6, 6.07) is 6.32. The van der Waals surface area contributed by atoms with Crippen LogP contribution in [0.25, 0.3) is 11.4 Å². The van der Waals surface area contributed by atoms with Gasteiger partial charge in [0.05, 0.1) is 6.61 Å². The lowest BCUT2D eigenvalue weighted by atomic mass is 10.1. The predicted molar refractivity (Wildman–Crippen MR) is 82.5 cm³/mol. The Morgan fingerprint density at radius 1 is 1.38 bits per heavy atom. The zero-order chi connectivity index (χ0) is 18.7. The van der Waals surface area contributed by atoms with Crippen molar-refractivity contribution in [3.8, 4) is 17.1 Å². The van der Waals surface area contributed by atoms with E-state index in [0.717, 1.165) is 0 Å². The smallest absolute Gasteiger partial charge is 0.471 e. The number of Topliss-reactive ketones (excluding diaryl/α,β-unsaturated/α-hetero) is 1. The average molecular weight is 369 g/mol. The first kappa shape index (κ1) is 17.9. The van der Waals surface area contributed by atoms with Crippen LogP contribution < -0.4 is 4.74 Å². The Bertz CT molecular complexity index is 832. The Morgan fingerprint density at radius 2 is 2.19 bits per heavy atom. The van der Waals surface area contributed by atoms with Gasteiger partial charge in [-0.3, -0.25) is 4.79 Å². The number of hydrogen-bond donors (Lipinski definition) is 0. The molecule has 0 N–H and O–H groups in total. The van der Waals surface area contributed by atoms with Crippen molar-refractivity contribution in [1.82, 2.24) is 10.1 Å². The minimum absolute atomic E-state index is 0.126. The lowest BCUT2D eigenvalue weighted by Crippen LogP contribution is -2.15. The highest BCUT2D eigenvalue weighted by atomic mass is 19.4. The maximum Gasteiger partial charge on any atom is 0.471 e. The van der Waals surface area contributed by atoms with Crippen LogP contribution in [0.4, 0.5) is 13.2 Å². The minimum Gasteiger partial charge on any atom is -0.493 e. The van der Waals surface area contributed by atoms with Crippen LogP contribution in [0.3, 0.4) is 0 Å². The zero-order valence-corrected chi connectivity index (χ0v) is 13.6. The number of nitrogens with zero attached hydrogens (tertiary/aromatic N) is 3. The number of ketones is 1. The predicted octanol–water partition coefficient (Wildman–Crippen LogP) is 3.26. The van der Waals surface area contributed by atoms with E-state index in [9.17, 15) is 18.0 Å². The van der Waals surface area contributed by atoms with E-state index in [1.807, 2.05) is 0 Å². The highest BCUT2D eigenvalue weighted by Crippen LogP contribution is 2.30. The third-order valence-corrected chi connectivity index (χ3v) is 3.61. The van der Waals surface area contributed by atoms with Crippen molar-refractivity contribution in [2.24, 2.45) is 5.16 Å². The molecule has 1 aromatic carbocycles. The molecule has 0 fully saturated rings. The number of rotatable bonds is 6. The first-order valence-electron chi connectivity index (χ1n) is 7.70. The number of benzene rings is 1. The number of alkyl halides is 3. The fourth-order valence-corrected chi connectivity index (χ4v) is 2.28. The molecule has 138 valence electrons. The average Bonchev–Trinajstić information content (AvgIpc) is 3.24. The van der Waals surface area contributed by atoms with E-state index in [1.54, 1.807) is 18.2 Å². The van der Waals surface area contributed by atoms with E-state index in [4.69, 9.17) is 9.57 Å². The van der Waals surface area contributed by atoms with E-state index in [1.165, 1.54) is 13.0 Å². The highest BCUT2D eigenvalue weighted by molar-refractivity contribution is 6.39. The van der Waals surface area contributed by atoms with Gasteiger partial charge in [0.25, 0.3) is 0 Å². The van der Waals surface area contributed by atoms with Gasteiger partial charge in [-0.25, -0.2) is 0 Å². The second-order valence-corrected chi connectivity index (χ2v) is 5.61. The number of oxime groups is 1. The number of carbonyl (C=O) groups excluding carboxylic acids is 1. The van der Waals surface area contributed by atoms with Gasteiger partial charge in [-0.05, 0) is 12.1 Å². The van der Waals surface area contributed by atoms with Crippen molar-refractivity contribution < 1.29 is 32.1 Å². The van der Waals surface area contributed by atoms with Crippen LogP contribution in [0.15, 0.2) is 33.9 Å². The third-order valence-electron chi connectivity index (χ3n) is 3.61. The number of hydrogen-bond acceptors (Lipinski definition) is 7. The molecule has 2 heterocycles. The SMILES string of the molecule is CC(=O)C1=NOC(CCOc2cccc(-c3noc(C(F)(F)F)n3)c2)C1. The standard InChI is InChI=1S/C16H14F3N3O4/c1-9(23)13-8-12(25-21-13)5-6-24-11-4-2-3-10(7-11)14-20-15(26-22-14)16(17,18)19/h2-4,7,12H,5-6,8H2,1H3. The van der Waals surface area contributed by atoms with Crippen molar-refractivity contribution in [2.75, 3.05) is 6.61 Å². The van der Waals surface area contributed by atoms with Crippen molar-refractivity contribution >= 4 is 11.5 Å². The van der Waals surface area contributed by atoms with Gasteiger partial charge in [0, 0.05) is 25.3 Å². The first-order valence-corrected chi connectivity index (χ1v) is 7.70. The summed E-state index contributed by atoms with van der Waals surface area (Å²) >= 11 is 0. The Labute approximate surface area is 145 Å². The Morgan fingerprint density at radius 3 is 2.85 bits per heavy atom. The summed E-state index contributed by atoms with van der Waals surface area (Å²) in [5.41, 5.74) is 0.732. The normalized spacial score (nSPS) is 16.9. The van der Waals surface area contributed by atoms with Crippen LogP contribution in [0.2, 0.25) is 0 Å². The van der Waals surface area contributed by atoms with E-state index >= 15 is 0 Å². The van der Waals surface area contributed by atoms with Gasteiger partial charge in [0.1, 0.15) is 17.6 Å². The van der Waals surface area contributed by atoms with Crippen molar-refractivity contribution in [2.45, 2.75) is 32.0 Å². The molecule has 1 aliphatic rings. The first-order chi connectivity index (χ1) is 12.3. The summed E-state index contributed by atoms with van der Waals surface area (Å²) in [5, 5.41) is 7.04. The maximum atomic E-state index is 12.5. The Hall–Kier alpha value is -2.91. The topological polar surface area (TPSA) is 86.8 Å². The lowest BCUT2D eigenvalue weighted by Gasteiger charge is -2.10. The lowest BCUT2D eigenvalue weighted by molar-refractivity contribution is -0.159. The summed E-state index contributed by atoms with van der Waals surface area (Å²) in [7, 11) is 0. The van der Waals surface area contributed by atoms with E-state index < -0.39 is 12.1 Å². The molecule has 1 unspecified atom stereocenters. The summed E-state index contributed by atoms with van der Waals surface area (Å²) in [6.45, 7) is 1.71. The maximum absolute atomic E-state index is 12.5. The van der Waals surface area contributed by atoms with Gasteiger partial charge in [0.2, 0.25) is 5.82 Å². The molecule has 0 amide bonds. The summed E-state index contributed by atoms with van der Waals surface area (Å²) in [5.74, 6) is -1.27. The van der Waals surface area contributed by atoms with E-state index in [-0.39, 0.29) is 24.3 Å². The summed E-state index contributed by atoms with van der Waals surface area (Å²) in [4.78, 5) is 19.7. The van der Waals surface area contributed by atoms with Crippen molar-refractivity contribution in [3.05, 3.63) is 30.2 Å². The molecule has 1 atom stereocenters. The van der Waals surface area contributed by atoms with Gasteiger partial charge in [-0.1, -0.05) is 22.4 Å². The van der Waals surface area contributed by atoms with Crippen LogP contribution in [-0.4, -0.2) is 34.3 Å². The number of carbonyl (C=O) groups is 1. The molecule has 0 bridgehead atoms. The van der Waals surface area contributed by atoms with Crippen molar-refractivity contribution in [3.63, 3.8) is 0 Å². The van der Waals surface area contributed by atoms with E-state index in [2.05, 4.69) is 19.8 Å². The second kappa shape index (κ2) is 7.14. The van der Waals surface area contributed by atoms with Crippen LogP contribution in [-0.2, 0) is 15.8 Å². The molecule has 3 rings (SSSR count). The number of ether oxygens (including phenoxy) is 1. The van der Waals surface area contributed by atoms with Gasteiger partial charge in [-0.15, -0.1) is 0 Å². The molecular formula is C16H14F3N3O4. The molecule has 0 aliphatic carbocycles. The summed E-state index contributed by atoms with van der Waals surface area (Å²) < 4.78 is 47.4. The Balaban J connectivity index is 1.57. The fourth-order valence-electron chi connectivity index (χ4n) is 2.28. The van der Waals surface area contributed by atoms with Crippen LogP contribution in [0, 0.1) is 0 Å². The van der Waals surface area contributed by atoms with Crippen LogP contribution in [0.1, 0.15) is 25.7 Å². The van der Waals surface area contributed by atoms with E-state index in [0.29, 0.717) is 29.9 Å². The molecule has 0 saturated heterocycles. The second-order valence-electron chi connectivity index (χ2n) is 5.61. The summed E-state index contributed by atoms with van der Waals surface area (Å²) in [6.07, 6.45) is -3.99. The molecule has 0 spiro atoms. The molecule has 0 saturated carbocycles. The monoisotopic (exact) mass is 369 g/mol. The Kier molecular flexibility index (Phi) is 4.92. The molecule has 1 aromatic heterocycles. The molecule has 26 heavy (non-hydrogen) atoms. The van der Waals surface area contributed by atoms with Gasteiger partial charge >= 0.3 is 12.1 Å². The molecular weight excluding hydrogens is 355 g/mol. The minimum atomic E-state index is -4.69. The molecule has 7 nitrogen and oxygen atoms in total. The van der Waals surface area contributed by atoms with Gasteiger partial charge in [0.15, 0.2) is 5.78 Å². The van der Waals surface area contributed by atoms with Gasteiger partial charge < -0.3 is 14.1 Å². The largest absolute Gasteiger partial charge is 0.493 e. The fraction of sp³-hybridized carbons (Fsp3) is 0.375. The molecule has 10 heteroatoms. The van der Waals surface area contributed by atoms with Crippen LogP contribution >= 0.6 is 0 Å². The third kappa shape index (κ3) is 4.19. The quantitative estimate of drug-likeness (QED) is 0.777.